The highest BCUT2D eigenvalue weighted by atomic mass is 35.5. The lowest BCUT2D eigenvalue weighted by atomic mass is 10.2. The Morgan fingerprint density at radius 2 is 1.63 bits per heavy atom. The second-order valence-corrected chi connectivity index (χ2v) is 6.41. The average Bonchev–Trinajstić information content (AvgIpc) is 2.36. The zero-order valence-electron chi connectivity index (χ0n) is 10.7. The van der Waals surface area contributed by atoms with Crippen molar-refractivity contribution in [1.82, 2.24) is 0 Å². The van der Waals surface area contributed by atoms with Crippen LogP contribution in [0.3, 0.4) is 0 Å². The van der Waals surface area contributed by atoms with Gasteiger partial charge in [0.15, 0.2) is 0 Å². The summed E-state index contributed by atoms with van der Waals surface area (Å²) in [6.45, 7) is 4.01. The molecule has 0 aliphatic carbocycles. The van der Waals surface area contributed by atoms with Gasteiger partial charge in [0.25, 0.3) is 0 Å². The molecule has 0 heterocycles. The molecule has 4 heteroatoms. The molecular weight excluding hydrogens is 299 g/mol. The lowest BCUT2D eigenvalue weighted by molar-refractivity contribution is 0.305. The molecule has 19 heavy (non-hydrogen) atoms. The molecule has 1 unspecified atom stereocenters. The van der Waals surface area contributed by atoms with E-state index in [0.29, 0.717) is 0 Å². The molecule has 100 valence electrons. The minimum absolute atomic E-state index is 0.0149. The predicted molar refractivity (Wildman–Crippen MR) is 83.6 cm³/mol. The van der Waals surface area contributed by atoms with E-state index in [4.69, 9.17) is 27.9 Å². The summed E-state index contributed by atoms with van der Waals surface area (Å²) in [6.07, 6.45) is 0. The van der Waals surface area contributed by atoms with E-state index in [1.165, 1.54) is 0 Å². The van der Waals surface area contributed by atoms with Crippen molar-refractivity contribution in [2.24, 2.45) is 0 Å². The second-order valence-electron chi connectivity index (χ2n) is 4.17. The number of benzene rings is 2. The van der Waals surface area contributed by atoms with Crippen molar-refractivity contribution in [2.45, 2.75) is 24.2 Å². The molecule has 2 aromatic carbocycles. The maximum atomic E-state index is 5.92. The second kappa shape index (κ2) is 6.56. The van der Waals surface area contributed by atoms with Crippen molar-refractivity contribution in [2.75, 3.05) is 0 Å². The van der Waals surface area contributed by atoms with Crippen molar-refractivity contribution in [3.05, 3.63) is 58.1 Å². The molecule has 1 atom stereocenters. The summed E-state index contributed by atoms with van der Waals surface area (Å²) in [5.74, 6) is 0.860. The normalized spacial score (nSPS) is 12.2. The van der Waals surface area contributed by atoms with Crippen LogP contribution in [0, 0.1) is 6.92 Å². The fourth-order valence-electron chi connectivity index (χ4n) is 1.65. The van der Waals surface area contributed by atoms with Crippen LogP contribution in [-0.4, -0.2) is 5.44 Å². The van der Waals surface area contributed by atoms with Gasteiger partial charge >= 0.3 is 0 Å². The molecule has 0 radical (unpaired) electrons. The van der Waals surface area contributed by atoms with Crippen LogP contribution in [0.5, 0.6) is 5.75 Å². The number of hydrogen-bond acceptors (Lipinski definition) is 2. The molecule has 0 aliphatic heterocycles. The van der Waals surface area contributed by atoms with E-state index in [-0.39, 0.29) is 5.44 Å². The van der Waals surface area contributed by atoms with Gasteiger partial charge in [-0.15, -0.1) is 0 Å². The van der Waals surface area contributed by atoms with Gasteiger partial charge in [0.1, 0.15) is 11.2 Å². The van der Waals surface area contributed by atoms with E-state index in [2.05, 4.69) is 0 Å². The standard InChI is InChI=1S/C15H14Cl2OS/c1-10-9-13(17)5-8-15(10)18-11(2)19-14-6-3-12(16)4-7-14/h3-9,11H,1-2H3. The highest BCUT2D eigenvalue weighted by molar-refractivity contribution is 7.99. The number of ether oxygens (including phenoxy) is 1. The summed E-state index contributed by atoms with van der Waals surface area (Å²) in [6, 6.07) is 13.4. The maximum Gasteiger partial charge on any atom is 0.146 e. The van der Waals surface area contributed by atoms with E-state index in [0.717, 1.165) is 26.3 Å². The van der Waals surface area contributed by atoms with Crippen LogP contribution in [-0.2, 0) is 0 Å². The van der Waals surface area contributed by atoms with E-state index in [1.54, 1.807) is 11.8 Å². The fourth-order valence-corrected chi connectivity index (χ4v) is 2.83. The minimum atomic E-state index is 0.0149. The van der Waals surface area contributed by atoms with E-state index >= 15 is 0 Å². The summed E-state index contributed by atoms with van der Waals surface area (Å²) in [5, 5.41) is 1.47. The fraction of sp³-hybridized carbons (Fsp3) is 0.200. The van der Waals surface area contributed by atoms with Gasteiger partial charge in [0.2, 0.25) is 0 Å². The van der Waals surface area contributed by atoms with Gasteiger partial charge in [-0.1, -0.05) is 35.0 Å². The van der Waals surface area contributed by atoms with Gasteiger partial charge in [-0.25, -0.2) is 0 Å². The van der Waals surface area contributed by atoms with Gasteiger partial charge in [-0.3, -0.25) is 0 Å². The number of rotatable bonds is 4. The Kier molecular flexibility index (Phi) is 5.03. The van der Waals surface area contributed by atoms with E-state index in [9.17, 15) is 0 Å². The number of aryl methyl sites for hydroxylation is 1. The molecule has 0 spiro atoms. The summed E-state index contributed by atoms with van der Waals surface area (Å²) in [7, 11) is 0. The molecule has 0 saturated carbocycles. The molecule has 0 fully saturated rings. The molecule has 0 aromatic heterocycles. The lowest BCUT2D eigenvalue weighted by Crippen LogP contribution is -2.07. The first-order valence-corrected chi connectivity index (χ1v) is 7.53. The smallest absolute Gasteiger partial charge is 0.146 e. The van der Waals surface area contributed by atoms with Gasteiger partial charge in [0, 0.05) is 14.9 Å². The molecule has 1 nitrogen and oxygen atoms in total. The van der Waals surface area contributed by atoms with Crippen molar-refractivity contribution < 1.29 is 4.74 Å². The first kappa shape index (κ1) is 14.6. The van der Waals surface area contributed by atoms with Gasteiger partial charge in [-0.05, 0) is 61.9 Å². The SMILES string of the molecule is Cc1cc(Cl)ccc1OC(C)Sc1ccc(Cl)cc1. The number of hydrogen-bond donors (Lipinski definition) is 0. The van der Waals surface area contributed by atoms with Gasteiger partial charge in [-0.2, -0.15) is 0 Å². The van der Waals surface area contributed by atoms with Gasteiger partial charge < -0.3 is 4.74 Å². The summed E-state index contributed by atoms with van der Waals surface area (Å²) < 4.78 is 5.91. The Hall–Kier alpha value is -0.830. The minimum Gasteiger partial charge on any atom is -0.479 e. The van der Waals surface area contributed by atoms with Crippen LogP contribution in [0.25, 0.3) is 0 Å². The first-order chi connectivity index (χ1) is 9.04. The quantitative estimate of drug-likeness (QED) is 0.519. The molecule has 0 aliphatic rings. The third kappa shape index (κ3) is 4.34. The van der Waals surface area contributed by atoms with Crippen LogP contribution in [0.2, 0.25) is 10.0 Å². The van der Waals surface area contributed by atoms with Crippen LogP contribution < -0.4 is 4.74 Å². The number of halogens is 2. The maximum absolute atomic E-state index is 5.92. The van der Waals surface area contributed by atoms with E-state index < -0.39 is 0 Å². The van der Waals surface area contributed by atoms with Crippen molar-refractivity contribution >= 4 is 35.0 Å². The average molecular weight is 313 g/mol. The van der Waals surface area contributed by atoms with Crippen molar-refractivity contribution in [1.29, 1.82) is 0 Å². The third-order valence-electron chi connectivity index (χ3n) is 2.55. The molecule has 0 saturated heterocycles. The molecule has 0 bridgehead atoms. The first-order valence-electron chi connectivity index (χ1n) is 5.89. The molecule has 2 aromatic rings. The van der Waals surface area contributed by atoms with Crippen LogP contribution in [0.15, 0.2) is 47.4 Å². The molecule has 2 rings (SSSR count). The van der Waals surface area contributed by atoms with Gasteiger partial charge in [0.05, 0.1) is 0 Å². The molecule has 0 amide bonds. The predicted octanol–water partition coefficient (Wildman–Crippen LogP) is 5.82. The Bertz CT molecular complexity index is 555. The topological polar surface area (TPSA) is 9.23 Å². The molecule has 0 N–H and O–H groups in total. The highest BCUT2D eigenvalue weighted by Crippen LogP contribution is 2.29. The Morgan fingerprint density at radius 1 is 1.00 bits per heavy atom. The zero-order valence-corrected chi connectivity index (χ0v) is 13.0. The lowest BCUT2D eigenvalue weighted by Gasteiger charge is -2.16. The third-order valence-corrected chi connectivity index (χ3v) is 4.01. The summed E-state index contributed by atoms with van der Waals surface area (Å²) >= 11 is 13.4. The van der Waals surface area contributed by atoms with Crippen LogP contribution in [0.1, 0.15) is 12.5 Å². The largest absolute Gasteiger partial charge is 0.479 e. The van der Waals surface area contributed by atoms with E-state index in [1.807, 2.05) is 56.3 Å². The Morgan fingerprint density at radius 3 is 2.26 bits per heavy atom. The number of thioether (sulfide) groups is 1. The van der Waals surface area contributed by atoms with Crippen molar-refractivity contribution in [3.63, 3.8) is 0 Å². The monoisotopic (exact) mass is 312 g/mol. The zero-order chi connectivity index (χ0) is 13.8. The Balaban J connectivity index is 2.01. The Labute approximate surface area is 127 Å². The summed E-state index contributed by atoms with van der Waals surface area (Å²) in [5.41, 5.74) is 1.05. The highest BCUT2D eigenvalue weighted by Gasteiger charge is 2.08. The summed E-state index contributed by atoms with van der Waals surface area (Å²) in [4.78, 5) is 1.13. The van der Waals surface area contributed by atoms with Crippen LogP contribution in [0.4, 0.5) is 0 Å². The van der Waals surface area contributed by atoms with Crippen LogP contribution >= 0.6 is 35.0 Å². The van der Waals surface area contributed by atoms with Crippen molar-refractivity contribution in [3.8, 4) is 5.75 Å². The molecular formula is C15H14Cl2OS.